The number of benzene rings is 5. The molecule has 6 nitrogen and oxygen atoms in total. The highest BCUT2D eigenvalue weighted by atomic mass is 16.5. The van der Waals surface area contributed by atoms with Crippen LogP contribution in [0.3, 0.4) is 0 Å². The molecular weight excluding hydrogens is 500 g/mol. The third-order valence-corrected chi connectivity index (χ3v) is 6.43. The molecule has 5 aromatic carbocycles. The van der Waals surface area contributed by atoms with Crippen LogP contribution < -0.4 is 14.9 Å². The Morgan fingerprint density at radius 3 is 2.20 bits per heavy atom. The molecule has 0 spiro atoms. The van der Waals surface area contributed by atoms with Crippen molar-refractivity contribution in [1.82, 2.24) is 5.43 Å². The molecule has 5 rings (SSSR count). The van der Waals surface area contributed by atoms with Crippen LogP contribution in [0.1, 0.15) is 28.4 Å². The molecule has 0 saturated heterocycles. The fourth-order valence-electron chi connectivity index (χ4n) is 4.21. The third-order valence-electron chi connectivity index (χ3n) is 6.43. The minimum atomic E-state index is -0.786. The normalized spacial score (nSPS) is 11.8. The van der Waals surface area contributed by atoms with Crippen LogP contribution in [0, 0.1) is 6.92 Å². The highest BCUT2D eigenvalue weighted by molar-refractivity contribution is 6.04. The molecule has 0 unspecified atom stereocenters. The number of ether oxygens (including phenoxy) is 2. The van der Waals surface area contributed by atoms with Crippen molar-refractivity contribution in [3.8, 4) is 22.6 Å². The Labute approximate surface area is 232 Å². The first-order valence-corrected chi connectivity index (χ1v) is 12.9. The summed E-state index contributed by atoms with van der Waals surface area (Å²) in [6.45, 7) is 3.61. The highest BCUT2D eigenvalue weighted by Gasteiger charge is 2.16. The summed E-state index contributed by atoms with van der Waals surface area (Å²) in [6, 6.07) is 36.0. The number of aryl methyl sites for hydroxylation is 1. The second kappa shape index (κ2) is 12.1. The summed E-state index contributed by atoms with van der Waals surface area (Å²) in [5.41, 5.74) is 6.76. The maximum absolute atomic E-state index is 12.8. The first-order chi connectivity index (χ1) is 19.5. The Hall–Kier alpha value is -5.23. The number of hydrazone groups is 1. The predicted molar refractivity (Wildman–Crippen MR) is 158 cm³/mol. The van der Waals surface area contributed by atoms with Crippen LogP contribution in [0.25, 0.3) is 21.9 Å². The average Bonchev–Trinajstić information content (AvgIpc) is 2.99. The van der Waals surface area contributed by atoms with E-state index in [4.69, 9.17) is 9.47 Å². The number of rotatable bonds is 8. The van der Waals surface area contributed by atoms with E-state index in [0.717, 1.165) is 27.5 Å². The number of carbonyl (C=O) groups is 2. The van der Waals surface area contributed by atoms with Gasteiger partial charge in [-0.15, -0.1) is 0 Å². The molecule has 198 valence electrons. The van der Waals surface area contributed by atoms with E-state index in [2.05, 4.69) is 10.5 Å². The summed E-state index contributed by atoms with van der Waals surface area (Å²) in [6.07, 6.45) is 0.699. The largest absolute Gasteiger partial charge is 0.481 e. The van der Waals surface area contributed by atoms with E-state index in [1.54, 1.807) is 25.1 Å². The van der Waals surface area contributed by atoms with Gasteiger partial charge < -0.3 is 9.47 Å². The van der Waals surface area contributed by atoms with Crippen molar-refractivity contribution in [2.24, 2.45) is 5.10 Å². The van der Waals surface area contributed by atoms with Crippen molar-refractivity contribution in [1.29, 1.82) is 0 Å². The lowest BCUT2D eigenvalue weighted by molar-refractivity contribution is -0.127. The van der Waals surface area contributed by atoms with Crippen LogP contribution in [0.2, 0.25) is 0 Å². The fourth-order valence-corrected chi connectivity index (χ4v) is 4.21. The molecule has 0 heterocycles. The Balaban J connectivity index is 1.28. The number of amides is 1. The molecule has 0 fully saturated rings. The van der Waals surface area contributed by atoms with Crippen molar-refractivity contribution in [2.75, 3.05) is 0 Å². The van der Waals surface area contributed by atoms with Crippen molar-refractivity contribution < 1.29 is 19.1 Å². The molecule has 6 heteroatoms. The van der Waals surface area contributed by atoms with E-state index in [1.165, 1.54) is 6.21 Å². The Kier molecular flexibility index (Phi) is 7.97. The standard InChI is InChI=1S/C34H28N2O4/c1-23-12-14-28(15-13-23)34(38)40-32-21-18-27-10-6-7-11-30(27)31(32)22-35-36-33(37)24(2)39-29-19-16-26(17-20-29)25-8-4-3-5-9-25/h3-22,24H,1-2H3,(H,36,37)/b35-22-/t24-/m0/s1. The lowest BCUT2D eigenvalue weighted by Crippen LogP contribution is -2.33. The van der Waals surface area contributed by atoms with Gasteiger partial charge in [-0.3, -0.25) is 4.79 Å². The number of nitrogens with one attached hydrogen (secondary N) is 1. The van der Waals surface area contributed by atoms with Gasteiger partial charge in [-0.25, -0.2) is 10.2 Å². The molecule has 0 bridgehead atoms. The number of fused-ring (bicyclic) bond motifs is 1. The number of nitrogens with zero attached hydrogens (tertiary/aromatic N) is 1. The number of esters is 1. The van der Waals surface area contributed by atoms with E-state index >= 15 is 0 Å². The third kappa shape index (κ3) is 6.25. The monoisotopic (exact) mass is 528 g/mol. The van der Waals surface area contributed by atoms with Crippen LogP contribution >= 0.6 is 0 Å². The smallest absolute Gasteiger partial charge is 0.343 e. The molecule has 0 aliphatic heterocycles. The zero-order valence-electron chi connectivity index (χ0n) is 22.2. The van der Waals surface area contributed by atoms with Gasteiger partial charge in [-0.05, 0) is 66.1 Å². The average molecular weight is 529 g/mol. The van der Waals surface area contributed by atoms with Crippen molar-refractivity contribution in [3.05, 3.63) is 132 Å². The van der Waals surface area contributed by atoms with Gasteiger partial charge in [0.2, 0.25) is 0 Å². The van der Waals surface area contributed by atoms with Gasteiger partial charge in [-0.1, -0.05) is 90.5 Å². The van der Waals surface area contributed by atoms with Gasteiger partial charge in [0.25, 0.3) is 5.91 Å². The number of hydrogen-bond acceptors (Lipinski definition) is 5. The maximum Gasteiger partial charge on any atom is 0.343 e. The van der Waals surface area contributed by atoms with Crippen LogP contribution in [-0.4, -0.2) is 24.2 Å². The second-order valence-corrected chi connectivity index (χ2v) is 9.34. The van der Waals surface area contributed by atoms with E-state index in [0.29, 0.717) is 22.6 Å². The molecule has 0 radical (unpaired) electrons. The zero-order valence-corrected chi connectivity index (χ0v) is 22.2. The van der Waals surface area contributed by atoms with Gasteiger partial charge >= 0.3 is 5.97 Å². The zero-order chi connectivity index (χ0) is 27.9. The van der Waals surface area contributed by atoms with E-state index in [1.807, 2.05) is 104 Å². The summed E-state index contributed by atoms with van der Waals surface area (Å²) in [5, 5.41) is 5.94. The summed E-state index contributed by atoms with van der Waals surface area (Å²) in [7, 11) is 0. The van der Waals surface area contributed by atoms with E-state index in [9.17, 15) is 9.59 Å². The van der Waals surface area contributed by atoms with Crippen molar-refractivity contribution >= 4 is 28.9 Å². The van der Waals surface area contributed by atoms with Gasteiger partial charge in [0.15, 0.2) is 6.10 Å². The predicted octanol–water partition coefficient (Wildman–Crippen LogP) is 6.95. The maximum atomic E-state index is 12.8. The summed E-state index contributed by atoms with van der Waals surface area (Å²) >= 11 is 0. The van der Waals surface area contributed by atoms with Gasteiger partial charge in [0.1, 0.15) is 11.5 Å². The van der Waals surface area contributed by atoms with Gasteiger partial charge in [0, 0.05) is 5.56 Å². The molecule has 1 amide bonds. The highest BCUT2D eigenvalue weighted by Crippen LogP contribution is 2.28. The molecule has 1 N–H and O–H groups in total. The van der Waals surface area contributed by atoms with Gasteiger partial charge in [-0.2, -0.15) is 5.10 Å². The topological polar surface area (TPSA) is 77.0 Å². The quantitative estimate of drug-likeness (QED) is 0.102. The summed E-state index contributed by atoms with van der Waals surface area (Å²) < 4.78 is 11.6. The lowest BCUT2D eigenvalue weighted by atomic mass is 10.0. The molecule has 0 aliphatic carbocycles. The Morgan fingerprint density at radius 1 is 0.775 bits per heavy atom. The van der Waals surface area contributed by atoms with Gasteiger partial charge in [0.05, 0.1) is 11.8 Å². The van der Waals surface area contributed by atoms with E-state index in [-0.39, 0.29) is 0 Å². The van der Waals surface area contributed by atoms with Crippen molar-refractivity contribution in [2.45, 2.75) is 20.0 Å². The van der Waals surface area contributed by atoms with Crippen LogP contribution in [0.15, 0.2) is 120 Å². The molecule has 5 aromatic rings. The minimum absolute atomic E-state index is 0.338. The molecule has 0 aromatic heterocycles. The van der Waals surface area contributed by atoms with Crippen LogP contribution in [0.4, 0.5) is 0 Å². The SMILES string of the molecule is Cc1ccc(C(=O)Oc2ccc3ccccc3c2/C=N\NC(=O)[C@H](C)Oc2ccc(-c3ccccc3)cc2)cc1. The minimum Gasteiger partial charge on any atom is -0.481 e. The molecule has 0 aliphatic rings. The number of carbonyl (C=O) groups excluding carboxylic acids is 2. The fraction of sp³-hybridized carbons (Fsp3) is 0.0882. The Morgan fingerprint density at radius 2 is 1.45 bits per heavy atom. The molecular formula is C34H28N2O4. The van der Waals surface area contributed by atoms with E-state index < -0.39 is 18.0 Å². The molecule has 1 atom stereocenters. The second-order valence-electron chi connectivity index (χ2n) is 9.34. The van der Waals surface area contributed by atoms with Crippen molar-refractivity contribution in [3.63, 3.8) is 0 Å². The molecule has 40 heavy (non-hydrogen) atoms. The Bertz CT molecular complexity index is 1660. The first-order valence-electron chi connectivity index (χ1n) is 12.9. The number of hydrogen-bond donors (Lipinski definition) is 1. The first kappa shape index (κ1) is 26.4. The lowest BCUT2D eigenvalue weighted by Gasteiger charge is -2.14. The van der Waals surface area contributed by atoms with Crippen LogP contribution in [-0.2, 0) is 4.79 Å². The molecule has 0 saturated carbocycles. The summed E-state index contributed by atoms with van der Waals surface area (Å²) in [5.74, 6) is 0.0202. The van der Waals surface area contributed by atoms with Crippen LogP contribution in [0.5, 0.6) is 11.5 Å². The summed E-state index contributed by atoms with van der Waals surface area (Å²) in [4.78, 5) is 25.5.